The molecule has 0 heterocycles. The monoisotopic (exact) mass is 227 g/mol. The molecule has 0 radical (unpaired) electrons. The minimum absolute atomic E-state index is 0.382. The second kappa shape index (κ2) is 8.08. The summed E-state index contributed by atoms with van der Waals surface area (Å²) in [6.45, 7) is 4.16. The van der Waals surface area contributed by atoms with Gasteiger partial charge in [-0.25, -0.2) is 3.71 Å². The van der Waals surface area contributed by atoms with E-state index in [0.29, 0.717) is 0 Å². The molecule has 0 bridgehead atoms. The van der Waals surface area contributed by atoms with Crippen molar-refractivity contribution in [1.82, 2.24) is 3.71 Å². The summed E-state index contributed by atoms with van der Waals surface area (Å²) in [7, 11) is 0. The van der Waals surface area contributed by atoms with E-state index in [0.717, 1.165) is 24.3 Å². The van der Waals surface area contributed by atoms with E-state index < -0.39 is 0 Å². The van der Waals surface area contributed by atoms with Gasteiger partial charge in [-0.2, -0.15) is 0 Å². The molecule has 2 nitrogen and oxygen atoms in total. The molecule has 0 aliphatic rings. The van der Waals surface area contributed by atoms with Crippen LogP contribution in [0.2, 0.25) is 0 Å². The van der Waals surface area contributed by atoms with Gasteiger partial charge in [-0.1, -0.05) is 13.8 Å². The molecule has 0 atom stereocenters. The molecular weight excluding hydrogens is 214 g/mol. The Labute approximate surface area is 87.7 Å². The molecule has 0 aromatic carbocycles. The van der Waals surface area contributed by atoms with Crippen LogP contribution < -0.4 is 0 Å². The number of hydrogen-bond acceptors (Lipinski definition) is 3. The average Bonchev–Trinajstić information content (AvgIpc) is 2.04. The topological polar surface area (TPSA) is 20.3 Å². The molecule has 0 aliphatic heterocycles. The third kappa shape index (κ3) is 6.03. The Kier molecular flexibility index (Phi) is 8.39. The zero-order valence-corrected chi connectivity index (χ0v) is 9.77. The summed E-state index contributed by atoms with van der Waals surface area (Å²) >= 11 is 8.33. The molecule has 0 N–H and O–H groups in total. The molecule has 72 valence electrons. The molecule has 5 heteroatoms. The van der Waals surface area contributed by atoms with Crippen LogP contribution in [0.1, 0.15) is 26.7 Å². The van der Waals surface area contributed by atoms with Crippen molar-refractivity contribution in [3.8, 4) is 0 Å². The molecule has 1 amide bonds. The number of rotatable bonds is 6. The summed E-state index contributed by atoms with van der Waals surface area (Å²) in [6, 6.07) is 0. The third-order valence-corrected chi connectivity index (χ3v) is 3.95. The van der Waals surface area contributed by atoms with E-state index in [1.54, 1.807) is 3.71 Å². The maximum atomic E-state index is 10.8. The first-order valence-electron chi connectivity index (χ1n) is 3.97. The SMILES string of the molecule is CCCSN(SCCC)C(=O)Cl. The number of hydrogen-bond donors (Lipinski definition) is 0. The Hall–Kier alpha value is 0.460. The molecule has 0 aromatic rings. The van der Waals surface area contributed by atoms with Crippen molar-refractivity contribution in [3.63, 3.8) is 0 Å². The number of amides is 1. The lowest BCUT2D eigenvalue weighted by molar-refractivity contribution is 0.258. The van der Waals surface area contributed by atoms with Gasteiger partial charge in [-0.05, 0) is 48.3 Å². The number of carbonyl (C=O) groups excluding carboxylic acids is 1. The van der Waals surface area contributed by atoms with Crippen molar-refractivity contribution in [2.45, 2.75) is 26.7 Å². The summed E-state index contributed by atoms with van der Waals surface area (Å²) in [5, 5.41) is -0.382. The summed E-state index contributed by atoms with van der Waals surface area (Å²) in [5.74, 6) is 1.88. The first-order valence-corrected chi connectivity index (χ1v) is 6.24. The fourth-order valence-electron chi connectivity index (χ4n) is 0.487. The maximum absolute atomic E-state index is 10.8. The molecular formula is C7H14ClNOS2. The van der Waals surface area contributed by atoms with Crippen molar-refractivity contribution in [2.75, 3.05) is 11.5 Å². The van der Waals surface area contributed by atoms with Crippen molar-refractivity contribution in [2.24, 2.45) is 0 Å². The fourth-order valence-corrected chi connectivity index (χ4v) is 2.43. The minimum Gasteiger partial charge on any atom is -0.253 e. The lowest BCUT2D eigenvalue weighted by Gasteiger charge is -2.15. The smallest absolute Gasteiger partial charge is 0.253 e. The van der Waals surface area contributed by atoms with E-state index in [1.165, 1.54) is 23.9 Å². The van der Waals surface area contributed by atoms with Crippen LogP contribution in [-0.4, -0.2) is 20.6 Å². The quantitative estimate of drug-likeness (QED) is 0.392. The van der Waals surface area contributed by atoms with Crippen LogP contribution >= 0.6 is 35.5 Å². The summed E-state index contributed by atoms with van der Waals surface area (Å²) in [5.41, 5.74) is 0. The van der Waals surface area contributed by atoms with Gasteiger partial charge in [-0.3, -0.25) is 4.79 Å². The highest BCUT2D eigenvalue weighted by atomic mass is 35.5. The molecule has 0 rings (SSSR count). The molecule has 12 heavy (non-hydrogen) atoms. The van der Waals surface area contributed by atoms with E-state index in [-0.39, 0.29) is 5.37 Å². The number of halogens is 1. The van der Waals surface area contributed by atoms with Crippen LogP contribution in [0.4, 0.5) is 4.79 Å². The van der Waals surface area contributed by atoms with Gasteiger partial charge in [0, 0.05) is 11.5 Å². The van der Waals surface area contributed by atoms with Crippen molar-refractivity contribution in [3.05, 3.63) is 0 Å². The first-order chi connectivity index (χ1) is 5.72. The Bertz CT molecular complexity index is 127. The Morgan fingerprint density at radius 2 is 1.67 bits per heavy atom. The van der Waals surface area contributed by atoms with Crippen LogP contribution in [0.25, 0.3) is 0 Å². The Morgan fingerprint density at radius 1 is 1.25 bits per heavy atom. The Morgan fingerprint density at radius 3 is 1.92 bits per heavy atom. The van der Waals surface area contributed by atoms with Crippen LogP contribution in [0.3, 0.4) is 0 Å². The summed E-state index contributed by atoms with van der Waals surface area (Å²) < 4.78 is 1.55. The third-order valence-electron chi connectivity index (χ3n) is 0.969. The van der Waals surface area contributed by atoms with Gasteiger partial charge < -0.3 is 0 Å². The highest BCUT2D eigenvalue weighted by molar-refractivity contribution is 8.12. The predicted molar refractivity (Wildman–Crippen MR) is 58.6 cm³/mol. The summed E-state index contributed by atoms with van der Waals surface area (Å²) in [6.07, 6.45) is 2.11. The second-order valence-electron chi connectivity index (χ2n) is 2.18. The minimum atomic E-state index is -0.382. The van der Waals surface area contributed by atoms with E-state index in [4.69, 9.17) is 11.6 Å². The van der Waals surface area contributed by atoms with Gasteiger partial charge in [0.05, 0.1) is 0 Å². The van der Waals surface area contributed by atoms with Gasteiger partial charge in [0.25, 0.3) is 0 Å². The van der Waals surface area contributed by atoms with Crippen LogP contribution in [-0.2, 0) is 0 Å². The summed E-state index contributed by atoms with van der Waals surface area (Å²) in [4.78, 5) is 10.8. The van der Waals surface area contributed by atoms with Gasteiger partial charge in [-0.15, -0.1) is 0 Å². The maximum Gasteiger partial charge on any atom is 0.336 e. The van der Waals surface area contributed by atoms with Crippen molar-refractivity contribution < 1.29 is 4.79 Å². The van der Waals surface area contributed by atoms with Gasteiger partial charge in [0.1, 0.15) is 0 Å². The highest BCUT2D eigenvalue weighted by Gasteiger charge is 2.10. The molecule has 0 saturated heterocycles. The van der Waals surface area contributed by atoms with Gasteiger partial charge in [0.2, 0.25) is 0 Å². The molecule has 0 spiro atoms. The first kappa shape index (κ1) is 12.5. The van der Waals surface area contributed by atoms with Crippen molar-refractivity contribution in [1.29, 1.82) is 0 Å². The van der Waals surface area contributed by atoms with E-state index in [9.17, 15) is 4.79 Å². The molecule has 0 aromatic heterocycles. The van der Waals surface area contributed by atoms with Gasteiger partial charge >= 0.3 is 5.37 Å². The van der Waals surface area contributed by atoms with E-state index in [2.05, 4.69) is 13.8 Å². The molecule has 0 fully saturated rings. The van der Waals surface area contributed by atoms with Crippen molar-refractivity contribution >= 4 is 40.9 Å². The van der Waals surface area contributed by atoms with Crippen LogP contribution in [0.15, 0.2) is 0 Å². The largest absolute Gasteiger partial charge is 0.336 e. The average molecular weight is 228 g/mol. The molecule has 0 unspecified atom stereocenters. The zero-order chi connectivity index (χ0) is 9.40. The van der Waals surface area contributed by atoms with Crippen LogP contribution in [0.5, 0.6) is 0 Å². The predicted octanol–water partition coefficient (Wildman–Crippen LogP) is 3.76. The van der Waals surface area contributed by atoms with E-state index in [1.807, 2.05) is 0 Å². The van der Waals surface area contributed by atoms with E-state index >= 15 is 0 Å². The Balaban J connectivity index is 3.62. The second-order valence-corrected chi connectivity index (χ2v) is 4.79. The molecule has 0 aliphatic carbocycles. The van der Waals surface area contributed by atoms with Gasteiger partial charge in [0.15, 0.2) is 0 Å². The van der Waals surface area contributed by atoms with Crippen LogP contribution in [0, 0.1) is 0 Å². The molecule has 0 saturated carbocycles. The number of carbonyl (C=O) groups is 1. The standard InChI is InChI=1S/C7H14ClNOS2/c1-3-5-11-9(7(8)10)12-6-4-2/h3-6H2,1-2H3. The normalized spacial score (nSPS) is 9.92. The number of nitrogens with zero attached hydrogens (tertiary/aromatic N) is 1. The zero-order valence-electron chi connectivity index (χ0n) is 7.38. The fraction of sp³-hybridized carbons (Fsp3) is 0.857. The highest BCUT2D eigenvalue weighted by Crippen LogP contribution is 2.24. The lowest BCUT2D eigenvalue weighted by atomic mass is 10.6. The lowest BCUT2D eigenvalue weighted by Crippen LogP contribution is -2.10.